The number of amides is 1. The molecule has 1 N–H and O–H groups in total. The number of nitro groups is 1. The van der Waals surface area contributed by atoms with Crippen molar-refractivity contribution >= 4 is 23.5 Å². The van der Waals surface area contributed by atoms with E-state index in [0.29, 0.717) is 13.1 Å². The van der Waals surface area contributed by atoms with Crippen molar-refractivity contribution in [3.05, 3.63) is 22.2 Å². The van der Waals surface area contributed by atoms with E-state index in [2.05, 4.69) is 10.1 Å². The summed E-state index contributed by atoms with van der Waals surface area (Å²) in [7, 11) is 5.28. The minimum atomic E-state index is -3.12. The maximum atomic E-state index is 12.5. The van der Waals surface area contributed by atoms with Gasteiger partial charge in [-0.1, -0.05) is 0 Å². The molecule has 0 unspecified atom stereocenters. The molecule has 0 aliphatic carbocycles. The van der Waals surface area contributed by atoms with Crippen LogP contribution in [0, 0.1) is 10.1 Å². The summed E-state index contributed by atoms with van der Waals surface area (Å²) >= 11 is 0. The van der Waals surface area contributed by atoms with E-state index < -0.39 is 11.5 Å². The number of rotatable bonds is 9. The number of halogens is 2. The molecular weight excluding hydrogens is 314 g/mol. The summed E-state index contributed by atoms with van der Waals surface area (Å²) in [5.74, 6) is -0.343. The summed E-state index contributed by atoms with van der Waals surface area (Å²) in [5, 5.41) is 13.3. The molecule has 23 heavy (non-hydrogen) atoms. The van der Waals surface area contributed by atoms with Gasteiger partial charge in [0.2, 0.25) is 6.41 Å². The molecule has 8 nitrogen and oxygen atoms in total. The van der Waals surface area contributed by atoms with Crippen LogP contribution >= 0.6 is 0 Å². The van der Waals surface area contributed by atoms with Gasteiger partial charge in [-0.25, -0.2) is 0 Å². The molecule has 128 valence electrons. The fourth-order valence-electron chi connectivity index (χ4n) is 1.85. The standard InChI is InChI=1S/C13H18F2N4O4/c1-17(2)4-5-18(3)10-7-12(23-13(14)15)9(16-8-20)6-11(10)19(21)22/h6-8,13H,4-5H2,1-3H3,(H,16,20). The first-order valence-electron chi connectivity index (χ1n) is 6.59. The molecule has 1 amide bonds. The van der Waals surface area contributed by atoms with E-state index in [0.717, 1.165) is 12.1 Å². The smallest absolute Gasteiger partial charge is 0.387 e. The molecule has 10 heteroatoms. The zero-order valence-electron chi connectivity index (χ0n) is 13.0. The van der Waals surface area contributed by atoms with Crippen LogP contribution in [0.4, 0.5) is 25.8 Å². The van der Waals surface area contributed by atoms with Crippen molar-refractivity contribution in [3.63, 3.8) is 0 Å². The molecule has 0 heterocycles. The lowest BCUT2D eigenvalue weighted by Gasteiger charge is -2.22. The molecule has 0 aliphatic heterocycles. The maximum Gasteiger partial charge on any atom is 0.387 e. The Hall–Kier alpha value is -2.49. The Kier molecular flexibility index (Phi) is 6.64. The van der Waals surface area contributed by atoms with Crippen molar-refractivity contribution in [3.8, 4) is 5.75 Å². The molecule has 0 aliphatic rings. The molecular formula is C13H18F2N4O4. The average Bonchev–Trinajstić information content (AvgIpc) is 2.45. The molecule has 0 spiro atoms. The van der Waals surface area contributed by atoms with Gasteiger partial charge in [0, 0.05) is 32.3 Å². The van der Waals surface area contributed by atoms with Gasteiger partial charge in [0.1, 0.15) is 5.69 Å². The first-order valence-corrected chi connectivity index (χ1v) is 6.59. The maximum absolute atomic E-state index is 12.5. The lowest BCUT2D eigenvalue weighted by molar-refractivity contribution is -0.384. The molecule has 1 aromatic carbocycles. The third-order valence-electron chi connectivity index (χ3n) is 3.00. The van der Waals surface area contributed by atoms with E-state index in [1.807, 2.05) is 19.0 Å². The van der Waals surface area contributed by atoms with Gasteiger partial charge in [-0.3, -0.25) is 14.9 Å². The van der Waals surface area contributed by atoms with Gasteiger partial charge >= 0.3 is 6.61 Å². The van der Waals surface area contributed by atoms with Crippen LogP contribution in [0.5, 0.6) is 5.75 Å². The number of alkyl halides is 2. The van der Waals surface area contributed by atoms with Crippen LogP contribution in [-0.2, 0) is 4.79 Å². The van der Waals surface area contributed by atoms with Crippen LogP contribution in [0.3, 0.4) is 0 Å². The van der Waals surface area contributed by atoms with Crippen LogP contribution in [0.15, 0.2) is 12.1 Å². The molecule has 1 aromatic rings. The molecule has 0 radical (unpaired) electrons. The van der Waals surface area contributed by atoms with Gasteiger partial charge in [0.25, 0.3) is 5.69 Å². The van der Waals surface area contributed by atoms with E-state index in [1.165, 1.54) is 0 Å². The highest BCUT2D eigenvalue weighted by Gasteiger charge is 2.23. The van der Waals surface area contributed by atoms with E-state index in [-0.39, 0.29) is 29.2 Å². The fourth-order valence-corrected chi connectivity index (χ4v) is 1.85. The number of hydrogen-bond acceptors (Lipinski definition) is 6. The van der Waals surface area contributed by atoms with Gasteiger partial charge in [-0.15, -0.1) is 0 Å². The summed E-state index contributed by atoms with van der Waals surface area (Å²) in [6.07, 6.45) is 0.229. The molecule has 0 fully saturated rings. The van der Waals surface area contributed by atoms with Gasteiger partial charge in [-0.05, 0) is 14.1 Å². The number of ether oxygens (including phenoxy) is 1. The predicted molar refractivity (Wildman–Crippen MR) is 81.2 cm³/mol. The van der Waals surface area contributed by atoms with Crippen LogP contribution in [0.25, 0.3) is 0 Å². The van der Waals surface area contributed by atoms with Crippen LogP contribution in [0.2, 0.25) is 0 Å². The molecule has 0 atom stereocenters. The Bertz CT molecular complexity index is 569. The van der Waals surface area contributed by atoms with E-state index in [4.69, 9.17) is 0 Å². The summed E-state index contributed by atoms with van der Waals surface area (Å²) in [5.41, 5.74) is -0.405. The van der Waals surface area contributed by atoms with Crippen LogP contribution < -0.4 is 15.0 Å². The number of nitrogens with zero attached hydrogens (tertiary/aromatic N) is 3. The minimum absolute atomic E-state index is 0.115. The highest BCUT2D eigenvalue weighted by atomic mass is 19.3. The van der Waals surface area contributed by atoms with Gasteiger partial charge in [-0.2, -0.15) is 8.78 Å². The van der Waals surface area contributed by atoms with Crippen LogP contribution in [-0.4, -0.2) is 57.1 Å². The van der Waals surface area contributed by atoms with Crippen molar-refractivity contribution in [1.82, 2.24) is 4.90 Å². The number of carbonyl (C=O) groups excluding carboxylic acids is 1. The van der Waals surface area contributed by atoms with Crippen molar-refractivity contribution < 1.29 is 23.2 Å². The summed E-state index contributed by atoms with van der Waals surface area (Å²) in [6.45, 7) is -2.08. The Balaban J connectivity index is 3.29. The largest absolute Gasteiger partial charge is 0.433 e. The second kappa shape index (κ2) is 8.22. The Morgan fingerprint density at radius 3 is 2.48 bits per heavy atom. The SMILES string of the molecule is CN(C)CCN(C)c1cc(OC(F)F)c(NC=O)cc1[N+](=O)[O-]. The first-order chi connectivity index (χ1) is 10.8. The third-order valence-corrected chi connectivity index (χ3v) is 3.00. The summed E-state index contributed by atoms with van der Waals surface area (Å²) in [4.78, 5) is 24.6. The lowest BCUT2D eigenvalue weighted by Crippen LogP contribution is -2.29. The number of anilines is 2. The van der Waals surface area contributed by atoms with Crippen molar-refractivity contribution in [2.75, 3.05) is 44.4 Å². The number of hydrogen-bond donors (Lipinski definition) is 1. The lowest BCUT2D eigenvalue weighted by atomic mass is 10.2. The molecule has 0 aromatic heterocycles. The van der Waals surface area contributed by atoms with Gasteiger partial charge in [0.05, 0.1) is 10.6 Å². The van der Waals surface area contributed by atoms with E-state index >= 15 is 0 Å². The number of carbonyl (C=O) groups is 1. The molecule has 0 saturated carbocycles. The van der Waals surface area contributed by atoms with Crippen molar-refractivity contribution in [2.45, 2.75) is 6.61 Å². The van der Waals surface area contributed by atoms with E-state index in [9.17, 15) is 23.7 Å². The van der Waals surface area contributed by atoms with Gasteiger partial charge < -0.3 is 19.9 Å². The second-order valence-electron chi connectivity index (χ2n) is 4.96. The van der Waals surface area contributed by atoms with E-state index in [1.54, 1.807) is 11.9 Å². The Morgan fingerprint density at radius 2 is 2.00 bits per heavy atom. The number of likely N-dealkylation sites (N-methyl/N-ethyl adjacent to an activating group) is 2. The topological polar surface area (TPSA) is 88.0 Å². The summed E-state index contributed by atoms with van der Waals surface area (Å²) in [6, 6.07) is 2.11. The summed E-state index contributed by atoms with van der Waals surface area (Å²) < 4.78 is 29.3. The number of nitrogens with one attached hydrogen (secondary N) is 1. The minimum Gasteiger partial charge on any atom is -0.433 e. The van der Waals surface area contributed by atoms with Crippen LogP contribution in [0.1, 0.15) is 0 Å². The van der Waals surface area contributed by atoms with Gasteiger partial charge in [0.15, 0.2) is 5.75 Å². The monoisotopic (exact) mass is 332 g/mol. The molecule has 1 rings (SSSR count). The average molecular weight is 332 g/mol. The number of nitro benzene ring substituents is 1. The quantitative estimate of drug-likeness (QED) is 0.421. The predicted octanol–water partition coefficient (Wildman–Crippen LogP) is 1.76. The van der Waals surface area contributed by atoms with Crippen molar-refractivity contribution in [1.29, 1.82) is 0 Å². The zero-order valence-corrected chi connectivity index (χ0v) is 13.0. The number of benzene rings is 1. The first kappa shape index (κ1) is 18.6. The fraction of sp³-hybridized carbons (Fsp3) is 0.462. The highest BCUT2D eigenvalue weighted by Crippen LogP contribution is 2.38. The normalized spacial score (nSPS) is 10.7. The zero-order chi connectivity index (χ0) is 17.6. The third kappa shape index (κ3) is 5.33. The Labute approximate surface area is 131 Å². The van der Waals surface area contributed by atoms with Crippen molar-refractivity contribution in [2.24, 2.45) is 0 Å². The highest BCUT2D eigenvalue weighted by molar-refractivity contribution is 5.81. The Morgan fingerprint density at radius 1 is 1.35 bits per heavy atom. The second-order valence-corrected chi connectivity index (χ2v) is 4.96. The molecule has 0 saturated heterocycles. The molecule has 0 bridgehead atoms.